The number of aromatic nitrogens is 1. The Hall–Kier alpha value is -1.27. The van der Waals surface area contributed by atoms with Crippen LogP contribution in [0.25, 0.3) is 0 Å². The average molecular weight is 314 g/mol. The van der Waals surface area contributed by atoms with Crippen molar-refractivity contribution in [3.05, 3.63) is 53.8 Å². The summed E-state index contributed by atoms with van der Waals surface area (Å²) in [5.74, 6) is 2.43. The van der Waals surface area contributed by atoms with Gasteiger partial charge in [-0.05, 0) is 34.3 Å². The highest BCUT2D eigenvalue weighted by molar-refractivity contribution is 7.64. The molecule has 1 aliphatic rings. The number of nitrogens with zero attached hydrogens (tertiary/aromatic N) is 2. The molecule has 0 amide bonds. The molecule has 2 rings (SSSR count). The van der Waals surface area contributed by atoms with E-state index in [1.54, 1.807) is 0 Å². The van der Waals surface area contributed by atoms with Crippen LogP contribution in [0.15, 0.2) is 53.1 Å². The maximum absolute atomic E-state index is 4.86. The lowest BCUT2D eigenvalue weighted by Crippen LogP contribution is -2.23. The van der Waals surface area contributed by atoms with Crippen LogP contribution in [0.2, 0.25) is 0 Å². The van der Waals surface area contributed by atoms with Crippen LogP contribution in [0.5, 0.6) is 0 Å². The predicted molar refractivity (Wildman–Crippen MR) is 99.0 cm³/mol. The first kappa shape index (κ1) is 17.1. The fourth-order valence-corrected chi connectivity index (χ4v) is 6.06. The van der Waals surface area contributed by atoms with Gasteiger partial charge in [-0.25, -0.2) is 0 Å². The summed E-state index contributed by atoms with van der Waals surface area (Å²) in [4.78, 5) is 9.27. The molecule has 1 aliphatic heterocycles. The number of hydrogen-bond donors (Lipinski definition) is 0. The van der Waals surface area contributed by atoms with Crippen LogP contribution in [0.3, 0.4) is 0 Å². The summed E-state index contributed by atoms with van der Waals surface area (Å²) in [7, 11) is -0.277. The van der Waals surface area contributed by atoms with Crippen LogP contribution in [0.1, 0.15) is 53.7 Å². The molecule has 0 radical (unpaired) electrons. The van der Waals surface area contributed by atoms with Gasteiger partial charge in [0.1, 0.15) is 0 Å². The first-order valence-electron chi connectivity index (χ1n) is 7.85. The highest BCUT2D eigenvalue weighted by atomic mass is 31.1. The van der Waals surface area contributed by atoms with E-state index in [-0.39, 0.29) is 18.2 Å². The fraction of sp³-hybridized carbons (Fsp3) is 0.474. The van der Waals surface area contributed by atoms with Crippen molar-refractivity contribution in [1.82, 2.24) is 4.98 Å². The summed E-state index contributed by atoms with van der Waals surface area (Å²) in [6, 6.07) is 5.96. The van der Waals surface area contributed by atoms with E-state index in [1.807, 2.05) is 24.4 Å². The lowest BCUT2D eigenvalue weighted by molar-refractivity contribution is 0.713. The van der Waals surface area contributed by atoms with Gasteiger partial charge < -0.3 is 0 Å². The molecule has 0 aromatic carbocycles. The number of pyridine rings is 1. The minimum Gasteiger partial charge on any atom is -0.255 e. The maximum Gasteiger partial charge on any atom is 0.0886 e. The second-order valence-electron chi connectivity index (χ2n) is 7.65. The molecule has 0 atom stereocenters. The summed E-state index contributed by atoms with van der Waals surface area (Å²) < 4.78 is 0. The molecule has 0 saturated heterocycles. The molecule has 3 heteroatoms. The molecule has 1 aromatic rings. The minimum absolute atomic E-state index is 0.277. The third-order valence-electron chi connectivity index (χ3n) is 3.52. The highest BCUT2D eigenvalue weighted by Crippen LogP contribution is 2.61. The van der Waals surface area contributed by atoms with E-state index in [2.05, 4.69) is 64.5 Å². The van der Waals surface area contributed by atoms with Gasteiger partial charge in [-0.2, -0.15) is 0 Å². The number of hydrogen-bond acceptors (Lipinski definition) is 2. The van der Waals surface area contributed by atoms with Crippen molar-refractivity contribution in [1.29, 1.82) is 0 Å². The van der Waals surface area contributed by atoms with Gasteiger partial charge in [0.2, 0.25) is 0 Å². The van der Waals surface area contributed by atoms with E-state index in [9.17, 15) is 0 Å². The van der Waals surface area contributed by atoms with Gasteiger partial charge in [0.05, 0.1) is 11.4 Å². The van der Waals surface area contributed by atoms with Crippen molar-refractivity contribution < 1.29 is 0 Å². The van der Waals surface area contributed by atoms with Crippen molar-refractivity contribution in [3.8, 4) is 0 Å². The molecule has 2 nitrogen and oxygen atoms in total. The largest absolute Gasteiger partial charge is 0.255 e. The summed E-state index contributed by atoms with van der Waals surface area (Å²) in [6.45, 7) is 14.0. The molecule has 0 unspecified atom stereocenters. The average Bonchev–Trinajstić information content (AvgIpc) is 2.44. The Morgan fingerprint density at radius 2 is 1.73 bits per heavy atom. The first-order chi connectivity index (χ1) is 10.2. The quantitative estimate of drug-likeness (QED) is 0.638. The normalized spacial score (nSPS) is 18.0. The highest BCUT2D eigenvalue weighted by Gasteiger charge is 2.33. The van der Waals surface area contributed by atoms with Crippen LogP contribution in [0, 0.1) is 0 Å². The van der Waals surface area contributed by atoms with Crippen molar-refractivity contribution in [2.24, 2.45) is 4.99 Å². The van der Waals surface area contributed by atoms with E-state index in [0.717, 1.165) is 17.8 Å². The number of aliphatic imine (C=N–C) groups is 1. The molecule has 1 aromatic heterocycles. The van der Waals surface area contributed by atoms with Crippen molar-refractivity contribution in [2.45, 2.75) is 58.3 Å². The first-order valence-corrected chi connectivity index (χ1v) is 9.26. The minimum atomic E-state index is -0.277. The van der Waals surface area contributed by atoms with Gasteiger partial charge in [-0.15, -0.1) is 0 Å². The van der Waals surface area contributed by atoms with E-state index in [0.29, 0.717) is 0 Å². The zero-order chi connectivity index (χ0) is 16.4. The zero-order valence-corrected chi connectivity index (χ0v) is 15.5. The lowest BCUT2D eigenvalue weighted by atomic mass is 10.1. The van der Waals surface area contributed by atoms with Gasteiger partial charge in [0.25, 0.3) is 0 Å². The molecule has 22 heavy (non-hydrogen) atoms. The number of rotatable bonds is 2. The number of allylic oxidation sites excluding steroid dienone is 2. The fourth-order valence-electron chi connectivity index (χ4n) is 2.81. The molecule has 0 spiro atoms. The smallest absolute Gasteiger partial charge is 0.0886 e. The Morgan fingerprint density at radius 3 is 2.27 bits per heavy atom. The van der Waals surface area contributed by atoms with Crippen molar-refractivity contribution >= 4 is 13.6 Å². The Bertz CT molecular complexity index is 585. The van der Waals surface area contributed by atoms with Crippen molar-refractivity contribution in [2.75, 3.05) is 0 Å². The van der Waals surface area contributed by atoms with Crippen LogP contribution in [-0.4, -0.2) is 21.0 Å². The monoisotopic (exact) mass is 314 g/mol. The molecule has 0 aliphatic carbocycles. The van der Waals surface area contributed by atoms with Gasteiger partial charge in [0.15, 0.2) is 0 Å². The van der Waals surface area contributed by atoms with Crippen LogP contribution in [0.4, 0.5) is 0 Å². The number of dihydropyridines is 1. The molecule has 0 saturated carbocycles. The summed E-state index contributed by atoms with van der Waals surface area (Å²) in [6.07, 6.45) is 7.01. The maximum atomic E-state index is 4.86. The van der Waals surface area contributed by atoms with Crippen LogP contribution in [-0.2, 0) is 0 Å². The van der Waals surface area contributed by atoms with Gasteiger partial charge >= 0.3 is 0 Å². The van der Waals surface area contributed by atoms with Gasteiger partial charge in [-0.3, -0.25) is 9.98 Å². The summed E-state index contributed by atoms with van der Waals surface area (Å²) in [5.41, 5.74) is 3.09. The van der Waals surface area contributed by atoms with E-state index < -0.39 is 0 Å². The Kier molecular flexibility index (Phi) is 5.02. The SMILES string of the molecule is CC(C)(C)P(/C=C1\CC=CC(c2ccccn2)=N1)C(C)(C)C. The third-order valence-corrected chi connectivity index (χ3v) is 6.96. The van der Waals surface area contributed by atoms with E-state index in [4.69, 9.17) is 4.99 Å². The molecule has 0 N–H and O–H groups in total. The topological polar surface area (TPSA) is 25.2 Å². The van der Waals surface area contributed by atoms with Crippen LogP contribution < -0.4 is 0 Å². The zero-order valence-electron chi connectivity index (χ0n) is 14.6. The lowest BCUT2D eigenvalue weighted by Gasteiger charge is -2.39. The van der Waals surface area contributed by atoms with Crippen molar-refractivity contribution in [3.63, 3.8) is 0 Å². The Morgan fingerprint density at radius 1 is 1.05 bits per heavy atom. The summed E-state index contributed by atoms with van der Waals surface area (Å²) >= 11 is 0. The molecular formula is C19H27N2P. The molecular weight excluding hydrogens is 287 g/mol. The Balaban J connectivity index is 2.36. The Labute approximate surface area is 136 Å². The van der Waals surface area contributed by atoms with E-state index in [1.165, 1.54) is 5.70 Å². The standard InChI is InChI=1S/C19H27N2P/c1-18(2,3)22(19(4,5)6)14-15-10-9-12-17(21-15)16-11-7-8-13-20-16/h7-9,11-14H,10H2,1-6H3/b15-14+. The second kappa shape index (κ2) is 6.46. The predicted octanol–water partition coefficient (Wildman–Crippen LogP) is 5.75. The van der Waals surface area contributed by atoms with Gasteiger partial charge in [0, 0.05) is 18.3 Å². The molecule has 0 fully saturated rings. The molecule has 0 bridgehead atoms. The molecule has 118 valence electrons. The summed E-state index contributed by atoms with van der Waals surface area (Å²) in [5, 5.41) is 0.560. The third kappa shape index (κ3) is 4.36. The van der Waals surface area contributed by atoms with E-state index >= 15 is 0 Å². The molecule has 2 heterocycles. The van der Waals surface area contributed by atoms with Crippen LogP contribution >= 0.6 is 7.92 Å². The van der Waals surface area contributed by atoms with Gasteiger partial charge in [-0.1, -0.05) is 61.6 Å². The second-order valence-corrected chi connectivity index (χ2v) is 11.3.